The summed E-state index contributed by atoms with van der Waals surface area (Å²) < 4.78 is 0. The number of hydrazine groups is 1. The predicted octanol–water partition coefficient (Wildman–Crippen LogP) is 2.77. The molecule has 0 bridgehead atoms. The Balaban J connectivity index is 1.50. The van der Waals surface area contributed by atoms with Crippen LogP contribution in [0.4, 0.5) is 11.4 Å². The Labute approximate surface area is 187 Å². The number of nitrogens with one attached hydrogen (secondary N) is 2. The first-order chi connectivity index (χ1) is 15.8. The molecule has 2 atom stereocenters. The Bertz CT molecular complexity index is 1130. The summed E-state index contributed by atoms with van der Waals surface area (Å²) >= 11 is 0. The smallest absolute Gasteiger partial charge is 0.275 e. The van der Waals surface area contributed by atoms with Crippen molar-refractivity contribution in [1.29, 1.82) is 0 Å². The van der Waals surface area contributed by atoms with E-state index < -0.39 is 27.8 Å². The van der Waals surface area contributed by atoms with E-state index in [1.807, 2.05) is 0 Å². The summed E-state index contributed by atoms with van der Waals surface area (Å²) in [4.78, 5) is 46.3. The highest BCUT2D eigenvalue weighted by molar-refractivity contribution is 5.99. The van der Waals surface area contributed by atoms with Crippen LogP contribution in [0.15, 0.2) is 53.6 Å². The number of benzene rings is 2. The summed E-state index contributed by atoms with van der Waals surface area (Å²) in [5.74, 6) is -1.05. The molecule has 0 unspecified atom stereocenters. The molecule has 170 valence electrons. The van der Waals surface area contributed by atoms with E-state index in [1.165, 1.54) is 53.5 Å². The highest BCUT2D eigenvalue weighted by Gasteiger charge is 2.41. The molecule has 1 fully saturated rings. The number of nitrogens with zero attached hydrogens (tertiary/aromatic N) is 4. The van der Waals surface area contributed by atoms with Gasteiger partial charge in [-0.05, 0) is 43.5 Å². The van der Waals surface area contributed by atoms with Crippen LogP contribution in [0.5, 0.6) is 0 Å². The van der Waals surface area contributed by atoms with Crippen molar-refractivity contribution < 1.29 is 19.4 Å². The molecule has 2 amide bonds. The van der Waals surface area contributed by atoms with Gasteiger partial charge < -0.3 is 0 Å². The third-order valence-electron chi connectivity index (χ3n) is 5.71. The average molecular weight is 452 g/mol. The van der Waals surface area contributed by atoms with Gasteiger partial charge in [0.1, 0.15) is 6.17 Å². The van der Waals surface area contributed by atoms with E-state index in [1.54, 1.807) is 0 Å². The fraction of sp³-hybridized carbons (Fsp3) is 0.286. The van der Waals surface area contributed by atoms with E-state index in [0.717, 1.165) is 31.4 Å². The summed E-state index contributed by atoms with van der Waals surface area (Å²) in [6.45, 7) is 0. The largest absolute Gasteiger partial charge is 0.285 e. The van der Waals surface area contributed by atoms with Crippen molar-refractivity contribution in [1.82, 2.24) is 15.9 Å². The van der Waals surface area contributed by atoms with Crippen LogP contribution in [-0.4, -0.2) is 38.5 Å². The van der Waals surface area contributed by atoms with Crippen LogP contribution in [0.25, 0.3) is 0 Å². The molecular weight excluding hydrogens is 432 g/mol. The first-order valence-corrected chi connectivity index (χ1v) is 10.3. The van der Waals surface area contributed by atoms with Gasteiger partial charge in [0, 0.05) is 47.0 Å². The Kier molecular flexibility index (Phi) is 6.09. The van der Waals surface area contributed by atoms with E-state index >= 15 is 0 Å². The molecule has 12 heteroatoms. The summed E-state index contributed by atoms with van der Waals surface area (Å²) in [5, 5.41) is 27.4. The SMILES string of the molecule is O=C(NN[C@H]1[C@H]2CCCCC2=NN1C(=O)c1ccc([N+](=O)[O-])cc1)c1ccc([N+](=O)[O-])cc1. The second kappa shape index (κ2) is 9.12. The molecule has 2 N–H and O–H groups in total. The standard InChI is InChI=1S/C21H20N6O6/c28-20(13-5-9-15(10-6-13)26(30)31)23-22-19-17-3-1-2-4-18(17)24-25(19)21(29)14-7-11-16(12-8-14)27(32)33/h5-12,17,19,22H,1-4H2,(H,23,28)/t17-,19+/m0/s1. The van der Waals surface area contributed by atoms with Crippen LogP contribution in [0.3, 0.4) is 0 Å². The lowest BCUT2D eigenvalue weighted by Gasteiger charge is -2.29. The Morgan fingerprint density at radius 1 is 0.909 bits per heavy atom. The van der Waals surface area contributed by atoms with E-state index in [4.69, 9.17) is 0 Å². The van der Waals surface area contributed by atoms with Crippen LogP contribution in [0.1, 0.15) is 46.4 Å². The quantitative estimate of drug-likeness (QED) is 0.503. The molecule has 0 aromatic heterocycles. The zero-order valence-electron chi connectivity index (χ0n) is 17.3. The second-order valence-electron chi connectivity index (χ2n) is 7.74. The van der Waals surface area contributed by atoms with Crippen LogP contribution in [0, 0.1) is 26.1 Å². The molecule has 2 aromatic rings. The Hall–Kier alpha value is -4.19. The molecule has 1 heterocycles. The van der Waals surface area contributed by atoms with Gasteiger partial charge in [-0.15, -0.1) is 0 Å². The maximum Gasteiger partial charge on any atom is 0.275 e. The van der Waals surface area contributed by atoms with Gasteiger partial charge in [0.25, 0.3) is 23.2 Å². The van der Waals surface area contributed by atoms with Gasteiger partial charge in [-0.1, -0.05) is 6.42 Å². The normalized spacial score (nSPS) is 19.4. The fourth-order valence-corrected chi connectivity index (χ4v) is 4.00. The minimum Gasteiger partial charge on any atom is -0.285 e. The first-order valence-electron chi connectivity index (χ1n) is 10.3. The molecule has 2 aromatic carbocycles. The van der Waals surface area contributed by atoms with E-state index in [0.29, 0.717) is 0 Å². The van der Waals surface area contributed by atoms with Crippen LogP contribution >= 0.6 is 0 Å². The zero-order chi connectivity index (χ0) is 23.5. The number of carbonyl (C=O) groups excluding carboxylic acids is 2. The maximum absolute atomic E-state index is 13.1. The Morgan fingerprint density at radius 2 is 1.48 bits per heavy atom. The number of amides is 2. The molecule has 4 rings (SSSR count). The topological polar surface area (TPSA) is 160 Å². The molecule has 0 spiro atoms. The molecule has 1 aliphatic heterocycles. The zero-order valence-corrected chi connectivity index (χ0v) is 17.3. The number of carbonyl (C=O) groups is 2. The van der Waals surface area contributed by atoms with Crippen molar-refractivity contribution in [2.45, 2.75) is 31.8 Å². The Morgan fingerprint density at radius 3 is 2.06 bits per heavy atom. The highest BCUT2D eigenvalue weighted by Crippen LogP contribution is 2.32. The van der Waals surface area contributed by atoms with Crippen LogP contribution < -0.4 is 10.9 Å². The summed E-state index contributed by atoms with van der Waals surface area (Å²) in [6.07, 6.45) is 2.80. The number of nitro groups is 2. The number of fused-ring (bicyclic) bond motifs is 1. The number of hydrogen-bond donors (Lipinski definition) is 2. The van der Waals surface area contributed by atoms with Gasteiger partial charge in [-0.3, -0.25) is 35.2 Å². The van der Waals surface area contributed by atoms with Gasteiger partial charge in [0.05, 0.1) is 9.85 Å². The van der Waals surface area contributed by atoms with Crippen molar-refractivity contribution in [3.63, 3.8) is 0 Å². The van der Waals surface area contributed by atoms with E-state index in [-0.39, 0.29) is 28.4 Å². The van der Waals surface area contributed by atoms with Gasteiger partial charge in [-0.2, -0.15) is 5.10 Å². The molecule has 0 radical (unpaired) electrons. The summed E-state index contributed by atoms with van der Waals surface area (Å²) in [5.41, 5.74) is 6.51. The molecule has 1 saturated carbocycles. The third-order valence-corrected chi connectivity index (χ3v) is 5.71. The summed E-state index contributed by atoms with van der Waals surface area (Å²) in [6, 6.07) is 10.4. The predicted molar refractivity (Wildman–Crippen MR) is 116 cm³/mol. The molecule has 0 saturated heterocycles. The number of hydrazone groups is 1. The number of hydrogen-bond acceptors (Lipinski definition) is 8. The molecule has 2 aliphatic rings. The van der Waals surface area contributed by atoms with Crippen molar-refractivity contribution in [3.05, 3.63) is 79.9 Å². The molecule has 33 heavy (non-hydrogen) atoms. The number of nitro benzene ring substituents is 2. The van der Waals surface area contributed by atoms with Gasteiger partial charge in [-0.25, -0.2) is 10.4 Å². The highest BCUT2D eigenvalue weighted by atomic mass is 16.6. The summed E-state index contributed by atoms with van der Waals surface area (Å²) in [7, 11) is 0. The fourth-order valence-electron chi connectivity index (χ4n) is 4.00. The van der Waals surface area contributed by atoms with Gasteiger partial charge in [0.2, 0.25) is 0 Å². The van der Waals surface area contributed by atoms with Crippen LogP contribution in [-0.2, 0) is 0 Å². The van der Waals surface area contributed by atoms with E-state index in [9.17, 15) is 29.8 Å². The van der Waals surface area contributed by atoms with Gasteiger partial charge in [0.15, 0.2) is 0 Å². The van der Waals surface area contributed by atoms with Crippen molar-refractivity contribution >= 4 is 28.9 Å². The monoisotopic (exact) mass is 452 g/mol. The molecule has 12 nitrogen and oxygen atoms in total. The van der Waals surface area contributed by atoms with Gasteiger partial charge >= 0.3 is 0 Å². The number of rotatable bonds is 6. The van der Waals surface area contributed by atoms with Crippen LogP contribution in [0.2, 0.25) is 0 Å². The minimum atomic E-state index is -0.634. The second-order valence-corrected chi connectivity index (χ2v) is 7.74. The van der Waals surface area contributed by atoms with Crippen molar-refractivity contribution in [3.8, 4) is 0 Å². The lowest BCUT2D eigenvalue weighted by Crippen LogP contribution is -2.55. The first kappa shape index (κ1) is 22.0. The average Bonchev–Trinajstić information content (AvgIpc) is 3.20. The molecule has 1 aliphatic carbocycles. The van der Waals surface area contributed by atoms with Crippen molar-refractivity contribution in [2.75, 3.05) is 0 Å². The third kappa shape index (κ3) is 4.55. The molecular formula is C21H20N6O6. The minimum absolute atomic E-state index is 0.0853. The van der Waals surface area contributed by atoms with Crippen molar-refractivity contribution in [2.24, 2.45) is 11.0 Å². The lowest BCUT2D eigenvalue weighted by molar-refractivity contribution is -0.385. The lowest BCUT2D eigenvalue weighted by atomic mass is 9.86. The van der Waals surface area contributed by atoms with E-state index in [2.05, 4.69) is 16.0 Å². The number of non-ortho nitro benzene ring substituents is 2. The maximum atomic E-state index is 13.1.